The third kappa shape index (κ3) is 2.65. The van der Waals surface area contributed by atoms with Crippen LogP contribution >= 0.6 is 0 Å². The summed E-state index contributed by atoms with van der Waals surface area (Å²) in [5, 5.41) is 15.9. The Bertz CT molecular complexity index is 836. The van der Waals surface area contributed by atoms with E-state index in [1.54, 1.807) is 37.7 Å². The lowest BCUT2D eigenvalue weighted by Crippen LogP contribution is -2.66. The molecule has 2 fully saturated rings. The van der Waals surface area contributed by atoms with Gasteiger partial charge in [0, 0.05) is 31.6 Å². The number of benzene rings is 1. The van der Waals surface area contributed by atoms with Gasteiger partial charge in [-0.25, -0.2) is 0 Å². The number of methoxy groups -OCH3 is 1. The number of ether oxygens (including phenoxy) is 1. The summed E-state index contributed by atoms with van der Waals surface area (Å²) >= 11 is 0. The molecule has 136 valence electrons. The van der Waals surface area contributed by atoms with Crippen molar-refractivity contribution < 1.29 is 9.53 Å². The molecule has 0 aliphatic carbocycles. The third-order valence-corrected chi connectivity index (χ3v) is 5.22. The molecule has 3 heterocycles. The van der Waals surface area contributed by atoms with Crippen molar-refractivity contribution in [2.45, 2.75) is 12.5 Å². The molecule has 2 unspecified atom stereocenters. The first-order valence-corrected chi connectivity index (χ1v) is 8.53. The van der Waals surface area contributed by atoms with Crippen molar-refractivity contribution in [2.24, 2.45) is 11.7 Å². The van der Waals surface area contributed by atoms with Gasteiger partial charge < -0.3 is 20.3 Å². The van der Waals surface area contributed by atoms with Gasteiger partial charge in [0.2, 0.25) is 0 Å². The van der Waals surface area contributed by atoms with Crippen LogP contribution in [0.3, 0.4) is 0 Å². The maximum Gasteiger partial charge on any atom is 0.256 e. The Kier molecular flexibility index (Phi) is 3.98. The fourth-order valence-corrected chi connectivity index (χ4v) is 3.73. The standard InChI is InChI=1S/C17H21N7O2/c1-26-12-2-3-13(14(8-12)24-20-5-6-21-24)16(25)23-9-11-4-7-22(17(18)19)10-15(11)23/h2-3,5-6,8,11,15H,4,7,9-10H2,1H3,(H3,18,19). The number of nitrogens with two attached hydrogens (primary N) is 1. The van der Waals surface area contributed by atoms with Crippen LogP contribution < -0.4 is 10.5 Å². The highest BCUT2D eigenvalue weighted by Crippen LogP contribution is 2.34. The SMILES string of the molecule is COc1ccc(C(=O)N2CC3CCN(C(=N)N)CC32)c(-n2nccn2)c1. The number of carbonyl (C=O) groups is 1. The van der Waals surface area contributed by atoms with E-state index >= 15 is 0 Å². The Morgan fingerprint density at radius 2 is 2.08 bits per heavy atom. The van der Waals surface area contributed by atoms with Crippen LogP contribution in [0.15, 0.2) is 30.6 Å². The van der Waals surface area contributed by atoms with Gasteiger partial charge in [0.25, 0.3) is 5.91 Å². The van der Waals surface area contributed by atoms with Gasteiger partial charge in [-0.3, -0.25) is 10.2 Å². The normalized spacial score (nSPS) is 21.7. The molecule has 2 aliphatic rings. The largest absolute Gasteiger partial charge is 0.497 e. The highest BCUT2D eigenvalue weighted by Gasteiger charge is 2.45. The molecule has 1 aromatic heterocycles. The summed E-state index contributed by atoms with van der Waals surface area (Å²) in [6.45, 7) is 2.12. The zero-order valence-electron chi connectivity index (χ0n) is 14.5. The van der Waals surface area contributed by atoms with Crippen LogP contribution in [0.4, 0.5) is 0 Å². The van der Waals surface area contributed by atoms with Crippen LogP contribution in [0.25, 0.3) is 5.69 Å². The molecule has 0 spiro atoms. The van der Waals surface area contributed by atoms with Crippen molar-refractivity contribution in [3.8, 4) is 11.4 Å². The van der Waals surface area contributed by atoms with Gasteiger partial charge in [-0.05, 0) is 18.6 Å². The second-order valence-corrected chi connectivity index (χ2v) is 6.61. The van der Waals surface area contributed by atoms with Crippen LogP contribution in [0.1, 0.15) is 16.8 Å². The molecule has 0 bridgehead atoms. The summed E-state index contributed by atoms with van der Waals surface area (Å²) in [4.78, 5) is 18.3. The fourth-order valence-electron chi connectivity index (χ4n) is 3.73. The average Bonchev–Trinajstić information content (AvgIpc) is 3.16. The van der Waals surface area contributed by atoms with Gasteiger partial charge in [-0.1, -0.05) is 0 Å². The van der Waals surface area contributed by atoms with E-state index in [-0.39, 0.29) is 17.9 Å². The Morgan fingerprint density at radius 1 is 1.31 bits per heavy atom. The molecule has 2 aromatic rings. The third-order valence-electron chi connectivity index (χ3n) is 5.22. The number of rotatable bonds is 3. The molecule has 1 aromatic carbocycles. The van der Waals surface area contributed by atoms with Crippen LogP contribution in [-0.4, -0.2) is 69.4 Å². The molecule has 9 heteroatoms. The average molecular weight is 355 g/mol. The number of carbonyl (C=O) groups excluding carboxylic acids is 1. The van der Waals surface area contributed by atoms with Crippen molar-refractivity contribution in [1.29, 1.82) is 5.41 Å². The van der Waals surface area contributed by atoms with Gasteiger partial charge >= 0.3 is 0 Å². The second-order valence-electron chi connectivity index (χ2n) is 6.61. The second kappa shape index (κ2) is 6.32. The molecular formula is C17H21N7O2. The van der Waals surface area contributed by atoms with Crippen LogP contribution in [0.2, 0.25) is 0 Å². The van der Waals surface area contributed by atoms with Crippen molar-refractivity contribution >= 4 is 11.9 Å². The lowest BCUT2D eigenvalue weighted by molar-refractivity contribution is -0.0145. The number of guanidine groups is 1. The highest BCUT2D eigenvalue weighted by molar-refractivity contribution is 5.98. The number of nitrogens with one attached hydrogen (secondary N) is 1. The Morgan fingerprint density at radius 3 is 2.77 bits per heavy atom. The molecule has 2 atom stereocenters. The van der Waals surface area contributed by atoms with Crippen LogP contribution in [0.5, 0.6) is 5.75 Å². The number of amides is 1. The van der Waals surface area contributed by atoms with Crippen molar-refractivity contribution in [2.75, 3.05) is 26.7 Å². The number of aromatic nitrogens is 3. The Labute approximate surface area is 150 Å². The monoisotopic (exact) mass is 355 g/mol. The smallest absolute Gasteiger partial charge is 0.256 e. The van der Waals surface area contributed by atoms with E-state index in [2.05, 4.69) is 10.2 Å². The lowest BCUT2D eigenvalue weighted by atomic mass is 9.81. The molecule has 0 radical (unpaired) electrons. The molecule has 1 amide bonds. The topological polar surface area (TPSA) is 113 Å². The molecule has 9 nitrogen and oxygen atoms in total. The van der Waals surface area contributed by atoms with E-state index in [0.717, 1.165) is 19.5 Å². The molecular weight excluding hydrogens is 334 g/mol. The van der Waals surface area contributed by atoms with Crippen LogP contribution in [-0.2, 0) is 0 Å². The van der Waals surface area contributed by atoms with Gasteiger partial charge in [0.1, 0.15) is 11.4 Å². The number of piperidine rings is 1. The van der Waals surface area contributed by atoms with E-state index in [1.807, 2.05) is 9.80 Å². The summed E-state index contributed by atoms with van der Waals surface area (Å²) in [5.74, 6) is 1.11. The van der Waals surface area contributed by atoms with Gasteiger partial charge in [-0.2, -0.15) is 15.0 Å². The molecule has 0 saturated carbocycles. The number of hydrogen-bond donors (Lipinski definition) is 2. The molecule has 2 aliphatic heterocycles. The minimum Gasteiger partial charge on any atom is -0.497 e. The van der Waals surface area contributed by atoms with Crippen molar-refractivity contribution in [1.82, 2.24) is 24.8 Å². The van der Waals surface area contributed by atoms with Gasteiger partial charge in [0.15, 0.2) is 5.96 Å². The van der Waals surface area contributed by atoms with Gasteiger partial charge in [-0.15, -0.1) is 0 Å². The van der Waals surface area contributed by atoms with E-state index in [0.29, 0.717) is 29.5 Å². The predicted molar refractivity (Wildman–Crippen MR) is 94.3 cm³/mol. The minimum atomic E-state index is -0.0633. The molecule has 4 rings (SSSR count). The van der Waals surface area contributed by atoms with Crippen molar-refractivity contribution in [3.05, 3.63) is 36.2 Å². The number of nitrogens with zero attached hydrogens (tertiary/aromatic N) is 5. The zero-order chi connectivity index (χ0) is 18.3. The Hall–Kier alpha value is -3.10. The first-order valence-electron chi connectivity index (χ1n) is 8.53. The first-order chi connectivity index (χ1) is 12.6. The minimum absolute atomic E-state index is 0.0633. The summed E-state index contributed by atoms with van der Waals surface area (Å²) in [7, 11) is 1.58. The lowest BCUT2D eigenvalue weighted by Gasteiger charge is -2.53. The number of likely N-dealkylation sites (tertiary alicyclic amines) is 2. The van der Waals surface area contributed by atoms with E-state index in [4.69, 9.17) is 15.9 Å². The van der Waals surface area contributed by atoms with Gasteiger partial charge in [0.05, 0.1) is 31.1 Å². The van der Waals surface area contributed by atoms with Crippen molar-refractivity contribution in [3.63, 3.8) is 0 Å². The summed E-state index contributed by atoms with van der Waals surface area (Å²) in [5.41, 5.74) is 6.74. The summed E-state index contributed by atoms with van der Waals surface area (Å²) in [6, 6.07) is 5.35. The van der Waals surface area contributed by atoms with E-state index in [1.165, 1.54) is 4.80 Å². The maximum atomic E-state index is 13.2. The highest BCUT2D eigenvalue weighted by atomic mass is 16.5. The maximum absolute atomic E-state index is 13.2. The number of fused-ring (bicyclic) bond motifs is 1. The Balaban J connectivity index is 1.62. The molecule has 26 heavy (non-hydrogen) atoms. The predicted octanol–water partition coefficient (Wildman–Crippen LogP) is 0.316. The van der Waals surface area contributed by atoms with Crippen LogP contribution in [0, 0.1) is 11.3 Å². The number of hydrogen-bond acceptors (Lipinski definition) is 5. The molecule has 3 N–H and O–H groups in total. The van der Waals surface area contributed by atoms with E-state index in [9.17, 15) is 4.79 Å². The fraction of sp³-hybridized carbons (Fsp3) is 0.412. The first kappa shape index (κ1) is 16.4. The quantitative estimate of drug-likeness (QED) is 0.605. The summed E-state index contributed by atoms with van der Waals surface area (Å²) in [6.07, 6.45) is 4.09. The summed E-state index contributed by atoms with van der Waals surface area (Å²) < 4.78 is 5.28. The van der Waals surface area contributed by atoms with E-state index < -0.39 is 0 Å². The zero-order valence-corrected chi connectivity index (χ0v) is 14.5. The molecule has 2 saturated heterocycles.